The predicted octanol–water partition coefficient (Wildman–Crippen LogP) is 1.26. The van der Waals surface area contributed by atoms with Gasteiger partial charge in [-0.1, -0.05) is 6.92 Å². The van der Waals surface area contributed by atoms with E-state index in [4.69, 9.17) is 9.84 Å². The third-order valence-electron chi connectivity index (χ3n) is 5.44. The van der Waals surface area contributed by atoms with Crippen LogP contribution in [0.25, 0.3) is 5.65 Å². The second-order valence-corrected chi connectivity index (χ2v) is 7.92. The van der Waals surface area contributed by atoms with Crippen LogP contribution >= 0.6 is 11.5 Å². The first-order valence-corrected chi connectivity index (χ1v) is 10.0. The number of rotatable bonds is 5. The minimum absolute atomic E-state index is 0.474. The lowest BCUT2D eigenvalue weighted by Gasteiger charge is -2.21. The van der Waals surface area contributed by atoms with Gasteiger partial charge in [-0.25, -0.2) is 4.98 Å². The largest absolute Gasteiger partial charge is 0.377 e. The summed E-state index contributed by atoms with van der Waals surface area (Å²) in [5.74, 6) is 3.94. The Morgan fingerprint density at radius 2 is 1.89 bits per heavy atom. The van der Waals surface area contributed by atoms with E-state index in [0.717, 1.165) is 60.8 Å². The number of fused-ring (bicyclic) bond motifs is 2. The van der Waals surface area contributed by atoms with Crippen molar-refractivity contribution in [1.82, 2.24) is 29.2 Å². The number of methoxy groups -OCH3 is 1. The molecule has 0 radical (unpaired) electrons. The van der Waals surface area contributed by atoms with Crippen LogP contribution in [-0.4, -0.2) is 62.5 Å². The van der Waals surface area contributed by atoms with Gasteiger partial charge >= 0.3 is 0 Å². The number of aromatic nitrogens is 6. The van der Waals surface area contributed by atoms with Crippen LogP contribution in [0.3, 0.4) is 0 Å². The van der Waals surface area contributed by atoms with Gasteiger partial charge in [-0.3, -0.25) is 0 Å². The molecule has 2 fully saturated rings. The van der Waals surface area contributed by atoms with E-state index in [1.165, 1.54) is 11.5 Å². The summed E-state index contributed by atoms with van der Waals surface area (Å²) in [5.41, 5.74) is 0.810. The standard InChI is InChI=1S/C17H22N8OS/c1-3-14-19-20-15-4-5-16(21-25(14)15)23-6-11-8-24(9-12(11)7-23)17-18-13(10-26-2)22-27-17/h4-5,11-12H,3,6-10H2,1-2H3. The first-order chi connectivity index (χ1) is 13.2. The monoisotopic (exact) mass is 386 g/mol. The van der Waals surface area contributed by atoms with E-state index >= 15 is 0 Å². The minimum Gasteiger partial charge on any atom is -0.377 e. The van der Waals surface area contributed by atoms with E-state index in [0.29, 0.717) is 18.4 Å². The van der Waals surface area contributed by atoms with Crippen LogP contribution in [0.4, 0.5) is 10.9 Å². The Balaban J connectivity index is 1.29. The third kappa shape index (κ3) is 2.92. The van der Waals surface area contributed by atoms with Crippen molar-refractivity contribution in [3.63, 3.8) is 0 Å². The lowest BCUT2D eigenvalue weighted by Crippen LogP contribution is -2.29. The molecule has 9 nitrogen and oxygen atoms in total. The topological polar surface area (TPSA) is 84.6 Å². The molecule has 0 amide bonds. The molecule has 0 bridgehead atoms. The van der Waals surface area contributed by atoms with Gasteiger partial charge in [0, 0.05) is 63.1 Å². The summed E-state index contributed by atoms with van der Waals surface area (Å²) in [4.78, 5) is 9.36. The Morgan fingerprint density at radius 3 is 2.63 bits per heavy atom. The molecule has 2 atom stereocenters. The fraction of sp³-hybridized carbons (Fsp3) is 0.588. The molecule has 10 heteroatoms. The highest BCUT2D eigenvalue weighted by molar-refractivity contribution is 7.09. The lowest BCUT2D eigenvalue weighted by molar-refractivity contribution is 0.179. The predicted molar refractivity (Wildman–Crippen MR) is 102 cm³/mol. The highest BCUT2D eigenvalue weighted by Crippen LogP contribution is 2.36. The van der Waals surface area contributed by atoms with Crippen LogP contribution in [0, 0.1) is 11.8 Å². The van der Waals surface area contributed by atoms with E-state index < -0.39 is 0 Å². The molecule has 5 heterocycles. The van der Waals surface area contributed by atoms with Crippen LogP contribution in [0.2, 0.25) is 0 Å². The van der Waals surface area contributed by atoms with Crippen LogP contribution in [0.15, 0.2) is 12.1 Å². The van der Waals surface area contributed by atoms with Crippen molar-refractivity contribution >= 4 is 28.1 Å². The maximum Gasteiger partial charge on any atom is 0.205 e. The van der Waals surface area contributed by atoms with Crippen LogP contribution in [-0.2, 0) is 17.8 Å². The summed E-state index contributed by atoms with van der Waals surface area (Å²) in [6, 6.07) is 4.07. The summed E-state index contributed by atoms with van der Waals surface area (Å²) in [6.45, 7) is 6.64. The fourth-order valence-corrected chi connectivity index (χ4v) is 4.80. The molecular formula is C17H22N8OS. The summed E-state index contributed by atoms with van der Waals surface area (Å²) in [6.07, 6.45) is 0.824. The molecule has 0 N–H and O–H groups in total. The van der Waals surface area contributed by atoms with Crippen LogP contribution in [0.5, 0.6) is 0 Å². The SMILES string of the molecule is CCc1nnc2ccc(N3CC4CN(c5nc(COC)ns5)CC4C3)nn12. The quantitative estimate of drug-likeness (QED) is 0.648. The molecule has 0 spiro atoms. The zero-order valence-electron chi connectivity index (χ0n) is 15.4. The number of nitrogens with zero attached hydrogens (tertiary/aromatic N) is 8. The van der Waals surface area contributed by atoms with E-state index in [9.17, 15) is 0 Å². The van der Waals surface area contributed by atoms with E-state index in [1.807, 2.05) is 10.6 Å². The molecule has 142 valence electrons. The maximum absolute atomic E-state index is 5.12. The smallest absolute Gasteiger partial charge is 0.205 e. The highest BCUT2D eigenvalue weighted by Gasteiger charge is 2.41. The van der Waals surface area contributed by atoms with Gasteiger partial charge in [0.05, 0.1) is 0 Å². The Hall–Kier alpha value is -2.33. The van der Waals surface area contributed by atoms with Gasteiger partial charge in [-0.2, -0.15) is 8.89 Å². The van der Waals surface area contributed by atoms with Crippen molar-refractivity contribution in [2.45, 2.75) is 20.0 Å². The van der Waals surface area contributed by atoms with Crippen molar-refractivity contribution in [2.24, 2.45) is 11.8 Å². The first kappa shape index (κ1) is 16.8. The minimum atomic E-state index is 0.474. The van der Waals surface area contributed by atoms with Crippen molar-refractivity contribution in [2.75, 3.05) is 43.1 Å². The molecule has 2 saturated heterocycles. The molecule has 0 aromatic carbocycles. The number of ether oxygens (including phenoxy) is 1. The van der Waals surface area contributed by atoms with Crippen molar-refractivity contribution in [1.29, 1.82) is 0 Å². The van der Waals surface area contributed by atoms with Crippen LogP contribution in [0.1, 0.15) is 18.6 Å². The first-order valence-electron chi connectivity index (χ1n) is 9.28. The molecular weight excluding hydrogens is 364 g/mol. The molecule has 2 unspecified atom stereocenters. The molecule has 2 aliphatic rings. The molecule has 2 aliphatic heterocycles. The molecule has 0 aliphatic carbocycles. The van der Waals surface area contributed by atoms with Crippen molar-refractivity contribution in [3.8, 4) is 0 Å². The van der Waals surface area contributed by atoms with Gasteiger partial charge in [-0.15, -0.1) is 15.3 Å². The molecule has 27 heavy (non-hydrogen) atoms. The number of anilines is 2. The van der Waals surface area contributed by atoms with Gasteiger partial charge in [0.15, 0.2) is 17.3 Å². The van der Waals surface area contributed by atoms with Gasteiger partial charge < -0.3 is 14.5 Å². The summed E-state index contributed by atoms with van der Waals surface area (Å²) >= 11 is 1.47. The number of aryl methyl sites for hydroxylation is 1. The third-order valence-corrected chi connectivity index (χ3v) is 6.26. The normalized spacial score (nSPS) is 22.1. The second kappa shape index (κ2) is 6.68. The van der Waals surface area contributed by atoms with Crippen LogP contribution < -0.4 is 9.80 Å². The lowest BCUT2D eigenvalue weighted by atomic mass is 10.0. The Morgan fingerprint density at radius 1 is 1.11 bits per heavy atom. The number of hydrogen-bond donors (Lipinski definition) is 0. The average molecular weight is 386 g/mol. The Labute approximate surface area is 161 Å². The Kier molecular flexibility index (Phi) is 4.16. The molecule has 3 aromatic heterocycles. The zero-order chi connectivity index (χ0) is 18.4. The maximum atomic E-state index is 5.12. The summed E-state index contributed by atoms with van der Waals surface area (Å²) in [7, 11) is 1.67. The zero-order valence-corrected chi connectivity index (χ0v) is 16.3. The van der Waals surface area contributed by atoms with Gasteiger partial charge in [-0.05, 0) is 12.1 Å². The van der Waals surface area contributed by atoms with Crippen molar-refractivity contribution < 1.29 is 4.74 Å². The summed E-state index contributed by atoms with van der Waals surface area (Å²) in [5, 5.41) is 14.2. The van der Waals surface area contributed by atoms with Crippen molar-refractivity contribution in [3.05, 3.63) is 23.8 Å². The fourth-order valence-electron chi connectivity index (χ4n) is 4.11. The van der Waals surface area contributed by atoms with E-state index in [-0.39, 0.29) is 0 Å². The van der Waals surface area contributed by atoms with Gasteiger partial charge in [0.1, 0.15) is 12.4 Å². The van der Waals surface area contributed by atoms with Gasteiger partial charge in [0.25, 0.3) is 0 Å². The van der Waals surface area contributed by atoms with E-state index in [1.54, 1.807) is 7.11 Å². The number of hydrogen-bond acceptors (Lipinski definition) is 9. The molecule has 5 rings (SSSR count). The Bertz CT molecular complexity index is 941. The van der Waals surface area contributed by atoms with Gasteiger partial charge in [0.2, 0.25) is 5.13 Å². The molecule has 3 aromatic rings. The molecule has 0 saturated carbocycles. The summed E-state index contributed by atoms with van der Waals surface area (Å²) < 4.78 is 11.4. The average Bonchev–Trinajstić information content (AvgIpc) is 3.43. The van der Waals surface area contributed by atoms with E-state index in [2.05, 4.69) is 42.3 Å². The second-order valence-electron chi connectivity index (χ2n) is 7.19. The highest BCUT2D eigenvalue weighted by atomic mass is 32.1.